The Morgan fingerprint density at radius 2 is 1.11 bits per heavy atom. The van der Waals surface area contributed by atoms with Crippen molar-refractivity contribution in [2.24, 2.45) is 29.2 Å². The smallest absolute Gasteiger partial charge is 0.326 e. The highest BCUT2D eigenvalue weighted by Crippen LogP contribution is 2.15. The Morgan fingerprint density at radius 1 is 0.667 bits per heavy atom. The summed E-state index contributed by atoms with van der Waals surface area (Å²) in [6.07, 6.45) is 5.05. The summed E-state index contributed by atoms with van der Waals surface area (Å²) in [6, 6.07) is -0.0837. The molecule has 1 rings (SSSR count). The van der Waals surface area contributed by atoms with Crippen molar-refractivity contribution in [1.29, 1.82) is 0 Å². The van der Waals surface area contributed by atoms with E-state index < -0.39 is 71.8 Å². The number of unbranched alkanes of at least 4 members (excludes halogenated alkanes) is 1. The average molecular weight is 780 g/mol. The Labute approximate surface area is 324 Å². The summed E-state index contributed by atoms with van der Waals surface area (Å²) in [6.45, 7) is 11.2. The van der Waals surface area contributed by atoms with Gasteiger partial charge in [-0.15, -0.1) is 0 Å². The normalized spacial score (nSPS) is 16.2. The highest BCUT2D eigenvalue weighted by Gasteiger charge is 2.35. The average Bonchev–Trinajstić information content (AvgIpc) is 3.15. The molecular weight excluding hydrogens is 715 g/mol. The molecule has 11 N–H and O–H groups in total. The lowest BCUT2D eigenvalue weighted by Crippen LogP contribution is -2.61. The van der Waals surface area contributed by atoms with Gasteiger partial charge in [-0.05, 0) is 86.1 Å². The van der Waals surface area contributed by atoms with Crippen molar-refractivity contribution in [3.8, 4) is 5.75 Å². The van der Waals surface area contributed by atoms with Crippen molar-refractivity contribution in [3.05, 3.63) is 29.8 Å². The van der Waals surface area contributed by atoms with Gasteiger partial charge in [0.15, 0.2) is 0 Å². The summed E-state index contributed by atoms with van der Waals surface area (Å²) in [5, 5.41) is 33.0. The highest BCUT2D eigenvalue weighted by atomic mass is 32.2. The highest BCUT2D eigenvalue weighted by molar-refractivity contribution is 7.98. The van der Waals surface area contributed by atoms with Crippen LogP contribution in [0.1, 0.15) is 92.1 Å². The van der Waals surface area contributed by atoms with Gasteiger partial charge >= 0.3 is 5.97 Å². The molecule has 0 spiro atoms. The second kappa shape index (κ2) is 25.2. The number of hydrogen-bond donors (Lipinski definition) is 9. The molecule has 0 unspecified atom stereocenters. The number of phenols is 1. The minimum absolute atomic E-state index is 0.0809. The first-order chi connectivity index (χ1) is 25.5. The molecule has 1 aromatic carbocycles. The van der Waals surface area contributed by atoms with Crippen molar-refractivity contribution in [3.63, 3.8) is 0 Å². The van der Waals surface area contributed by atoms with Gasteiger partial charge in [-0.3, -0.25) is 24.0 Å². The SMILES string of the molecule is CC[C@H](C)[C@H](NC(=O)[C@H](CCSC)NC(=O)[C@@H](NC(=O)[C@H](CCCCN)NC(=O)[C@@H](NC(=O)[C@@H](N)Cc1ccc(O)cc1)[C@@H](C)CC)[C@@H](C)CC)C(=O)O. The number of benzene rings is 1. The molecule has 0 aliphatic heterocycles. The molecule has 54 heavy (non-hydrogen) atoms. The maximum atomic E-state index is 13.9. The van der Waals surface area contributed by atoms with Gasteiger partial charge in [0.2, 0.25) is 29.5 Å². The van der Waals surface area contributed by atoms with Crippen molar-refractivity contribution < 1.29 is 39.0 Å². The number of carboxylic acid groups (broad SMARTS) is 1. The first-order valence-corrected chi connectivity index (χ1v) is 20.4. The number of phenolic OH excluding ortho intramolecular Hbond substituents is 1. The zero-order chi connectivity index (χ0) is 41.0. The summed E-state index contributed by atoms with van der Waals surface area (Å²) >= 11 is 1.46. The van der Waals surface area contributed by atoms with Crippen LogP contribution < -0.4 is 38.1 Å². The number of thioether (sulfide) groups is 1. The van der Waals surface area contributed by atoms with E-state index >= 15 is 0 Å². The number of aliphatic carboxylic acids is 1. The molecule has 0 bridgehead atoms. The van der Waals surface area contributed by atoms with E-state index in [1.165, 1.54) is 23.9 Å². The number of nitrogens with two attached hydrogens (primary N) is 2. The van der Waals surface area contributed by atoms with Crippen molar-refractivity contribution in [1.82, 2.24) is 26.6 Å². The van der Waals surface area contributed by atoms with Crippen molar-refractivity contribution in [2.75, 3.05) is 18.6 Å². The van der Waals surface area contributed by atoms with Crippen molar-refractivity contribution >= 4 is 47.3 Å². The Morgan fingerprint density at radius 3 is 1.56 bits per heavy atom. The molecule has 0 fully saturated rings. The fraction of sp³-hybridized carbons (Fsp3) is 0.684. The van der Waals surface area contributed by atoms with Gasteiger partial charge in [-0.2, -0.15) is 11.8 Å². The molecule has 1 aromatic rings. The van der Waals surface area contributed by atoms with Crippen LogP contribution in [-0.2, 0) is 35.2 Å². The Bertz CT molecular complexity index is 1350. The minimum Gasteiger partial charge on any atom is -0.508 e. The maximum absolute atomic E-state index is 13.9. The number of nitrogens with one attached hydrogen (secondary N) is 5. The number of hydrogen-bond acceptors (Lipinski definition) is 10. The van der Waals surface area contributed by atoms with E-state index in [1.807, 2.05) is 27.0 Å². The van der Waals surface area contributed by atoms with Gasteiger partial charge in [-0.1, -0.05) is 72.9 Å². The zero-order valence-corrected chi connectivity index (χ0v) is 33.8. The molecule has 0 saturated carbocycles. The molecular formula is C38H65N7O8S. The van der Waals surface area contributed by atoms with Gasteiger partial charge in [-0.25, -0.2) is 4.79 Å². The topological polar surface area (TPSA) is 255 Å². The molecule has 0 radical (unpaired) electrons. The summed E-state index contributed by atoms with van der Waals surface area (Å²) in [4.78, 5) is 80.1. The zero-order valence-electron chi connectivity index (χ0n) is 33.0. The van der Waals surface area contributed by atoms with Crippen LogP contribution in [0.4, 0.5) is 0 Å². The lowest BCUT2D eigenvalue weighted by Gasteiger charge is -2.30. The van der Waals surface area contributed by atoms with Gasteiger partial charge in [0.25, 0.3) is 0 Å². The van der Waals surface area contributed by atoms with Gasteiger partial charge < -0.3 is 48.3 Å². The fourth-order valence-electron chi connectivity index (χ4n) is 5.62. The fourth-order valence-corrected chi connectivity index (χ4v) is 6.09. The van der Waals surface area contributed by atoms with Crippen LogP contribution in [0.3, 0.4) is 0 Å². The largest absolute Gasteiger partial charge is 0.508 e. The van der Waals surface area contributed by atoms with E-state index in [4.69, 9.17) is 11.5 Å². The van der Waals surface area contributed by atoms with Crippen LogP contribution in [0, 0.1) is 17.8 Å². The molecule has 15 nitrogen and oxygen atoms in total. The number of carbonyl (C=O) groups excluding carboxylic acids is 5. The standard InChI is InChI=1S/C38H65N7O8S/c1-8-22(4)30(43-33(47)27(40)21-25-14-16-26(46)17-15-25)36(50)41-28(13-11-12-19-39)34(48)44-31(23(5)9-2)37(51)42-29(18-20-54-7)35(49)45-32(38(52)53)24(6)10-3/h14-17,22-24,27-32,46H,8-13,18-21,39-40H2,1-7H3,(H,41,50)(H,42,51)(H,43,47)(H,44,48)(H,45,49)(H,52,53)/t22-,23-,24-,27-,28-,29-,30-,31-,32-/m0/s1. The predicted octanol–water partition coefficient (Wildman–Crippen LogP) is 1.79. The molecule has 0 aromatic heterocycles. The Kier molecular flexibility index (Phi) is 22.5. The maximum Gasteiger partial charge on any atom is 0.326 e. The molecule has 0 saturated heterocycles. The molecule has 5 amide bonds. The summed E-state index contributed by atoms with van der Waals surface area (Å²) in [5.74, 6) is -4.66. The lowest BCUT2D eigenvalue weighted by molar-refractivity contribution is -0.144. The monoisotopic (exact) mass is 779 g/mol. The molecule has 306 valence electrons. The van der Waals surface area contributed by atoms with Gasteiger partial charge in [0.1, 0.15) is 36.0 Å². The van der Waals surface area contributed by atoms with Crippen LogP contribution >= 0.6 is 11.8 Å². The van der Waals surface area contributed by atoms with Crippen LogP contribution in [0.5, 0.6) is 5.75 Å². The van der Waals surface area contributed by atoms with Crippen molar-refractivity contribution in [2.45, 2.75) is 129 Å². The van der Waals surface area contributed by atoms with E-state index in [-0.39, 0.29) is 42.8 Å². The minimum atomic E-state index is -1.17. The summed E-state index contributed by atoms with van der Waals surface area (Å²) in [5.41, 5.74) is 12.6. The quantitative estimate of drug-likeness (QED) is 0.0613. The van der Waals surface area contributed by atoms with Gasteiger partial charge in [0, 0.05) is 0 Å². The number of carbonyl (C=O) groups is 6. The number of carboxylic acids is 1. The number of aromatic hydroxyl groups is 1. The first-order valence-electron chi connectivity index (χ1n) is 19.0. The third kappa shape index (κ3) is 16.2. The first kappa shape index (κ1) is 48.1. The van der Waals surface area contributed by atoms with Crippen LogP contribution in [0.15, 0.2) is 24.3 Å². The Hall–Kier alpha value is -3.89. The van der Waals surface area contributed by atoms with Gasteiger partial charge in [0.05, 0.1) is 6.04 Å². The third-order valence-electron chi connectivity index (χ3n) is 9.92. The number of rotatable bonds is 26. The summed E-state index contributed by atoms with van der Waals surface area (Å²) < 4.78 is 0. The van der Waals surface area contributed by atoms with Crippen LogP contribution in [0.25, 0.3) is 0 Å². The Balaban J connectivity index is 3.26. The number of amides is 5. The predicted molar refractivity (Wildman–Crippen MR) is 211 cm³/mol. The van der Waals surface area contributed by atoms with E-state index in [0.29, 0.717) is 44.4 Å². The van der Waals surface area contributed by atoms with E-state index in [2.05, 4.69) is 26.6 Å². The van der Waals surface area contributed by atoms with E-state index in [9.17, 15) is 39.0 Å². The second-order valence-electron chi connectivity index (χ2n) is 14.1. The molecule has 0 aliphatic rings. The van der Waals surface area contributed by atoms with E-state index in [1.54, 1.807) is 32.9 Å². The summed E-state index contributed by atoms with van der Waals surface area (Å²) in [7, 11) is 0. The molecule has 9 atom stereocenters. The lowest BCUT2D eigenvalue weighted by atomic mass is 9.95. The third-order valence-corrected chi connectivity index (χ3v) is 10.6. The molecule has 0 heterocycles. The molecule has 0 aliphatic carbocycles. The molecule has 16 heteroatoms. The second-order valence-corrected chi connectivity index (χ2v) is 15.1. The van der Waals surface area contributed by atoms with Crippen LogP contribution in [0.2, 0.25) is 0 Å². The van der Waals surface area contributed by atoms with E-state index in [0.717, 1.165) is 5.56 Å². The van der Waals surface area contributed by atoms with Crippen LogP contribution in [-0.4, -0.2) is 101 Å².